The van der Waals surface area contributed by atoms with Crippen LogP contribution in [-0.4, -0.2) is 12.5 Å². The molecule has 108 valence electrons. The Hall–Kier alpha value is -2.36. The molecule has 0 aliphatic carbocycles. The number of carbonyl (C=O) groups is 1. The van der Waals surface area contributed by atoms with Crippen molar-refractivity contribution < 1.29 is 9.18 Å². The number of anilines is 2. The predicted octanol–water partition coefficient (Wildman–Crippen LogP) is 3.37. The van der Waals surface area contributed by atoms with Crippen molar-refractivity contribution in [3.63, 3.8) is 0 Å². The van der Waals surface area contributed by atoms with Crippen LogP contribution in [0.4, 0.5) is 15.8 Å². The molecule has 4 heteroatoms. The van der Waals surface area contributed by atoms with Gasteiger partial charge >= 0.3 is 0 Å². The average molecular weight is 284 g/mol. The smallest absolute Gasteiger partial charge is 0.228 e. The van der Waals surface area contributed by atoms with E-state index in [2.05, 4.69) is 16.7 Å². The zero-order valence-electron chi connectivity index (χ0n) is 11.7. The molecule has 0 unspecified atom stereocenters. The highest BCUT2D eigenvalue weighted by Crippen LogP contribution is 2.30. The number of amides is 1. The van der Waals surface area contributed by atoms with Gasteiger partial charge < -0.3 is 10.6 Å². The second-order valence-electron chi connectivity index (χ2n) is 5.22. The van der Waals surface area contributed by atoms with Gasteiger partial charge in [-0.05, 0) is 42.2 Å². The fourth-order valence-electron chi connectivity index (χ4n) is 2.60. The highest BCUT2D eigenvalue weighted by Gasteiger charge is 2.14. The Morgan fingerprint density at radius 2 is 2.00 bits per heavy atom. The zero-order chi connectivity index (χ0) is 14.7. The molecule has 0 spiro atoms. The molecule has 2 N–H and O–H groups in total. The van der Waals surface area contributed by atoms with E-state index in [0.717, 1.165) is 36.3 Å². The van der Waals surface area contributed by atoms with Crippen LogP contribution in [0.2, 0.25) is 0 Å². The first-order valence-corrected chi connectivity index (χ1v) is 7.12. The summed E-state index contributed by atoms with van der Waals surface area (Å²) in [6.07, 6.45) is 2.38. The first-order valence-electron chi connectivity index (χ1n) is 7.12. The fourth-order valence-corrected chi connectivity index (χ4v) is 2.60. The highest BCUT2D eigenvalue weighted by molar-refractivity contribution is 5.96. The summed E-state index contributed by atoms with van der Waals surface area (Å²) in [5.74, 6) is -0.386. The van der Waals surface area contributed by atoms with Gasteiger partial charge in [0, 0.05) is 6.54 Å². The number of carbonyl (C=O) groups excluding carboxylic acids is 1. The molecule has 1 aliphatic rings. The van der Waals surface area contributed by atoms with Gasteiger partial charge in [0.1, 0.15) is 5.82 Å². The number of para-hydroxylation sites is 1. The molecule has 2 aromatic carbocycles. The van der Waals surface area contributed by atoms with Gasteiger partial charge in [0.15, 0.2) is 0 Å². The maximum atomic E-state index is 12.9. The van der Waals surface area contributed by atoms with E-state index in [1.54, 1.807) is 12.1 Å². The summed E-state index contributed by atoms with van der Waals surface area (Å²) in [7, 11) is 0. The lowest BCUT2D eigenvalue weighted by molar-refractivity contribution is -0.115. The lowest BCUT2D eigenvalue weighted by atomic mass is 10.0. The molecular weight excluding hydrogens is 267 g/mol. The molecule has 0 saturated carbocycles. The molecule has 0 atom stereocenters. The molecule has 1 heterocycles. The lowest BCUT2D eigenvalue weighted by Crippen LogP contribution is -2.18. The van der Waals surface area contributed by atoms with Gasteiger partial charge in [-0.25, -0.2) is 4.39 Å². The van der Waals surface area contributed by atoms with Gasteiger partial charge in [-0.1, -0.05) is 24.3 Å². The van der Waals surface area contributed by atoms with E-state index in [-0.39, 0.29) is 18.1 Å². The van der Waals surface area contributed by atoms with E-state index in [0.29, 0.717) is 0 Å². The van der Waals surface area contributed by atoms with Crippen LogP contribution in [0, 0.1) is 5.82 Å². The SMILES string of the molecule is O=C(Cc1ccc(F)cc1)Nc1cccc2c1NCCC2. The van der Waals surface area contributed by atoms with Crippen molar-refractivity contribution in [2.45, 2.75) is 19.3 Å². The Morgan fingerprint density at radius 3 is 2.81 bits per heavy atom. The normalized spacial score (nSPS) is 13.2. The van der Waals surface area contributed by atoms with Crippen LogP contribution in [0.1, 0.15) is 17.5 Å². The van der Waals surface area contributed by atoms with Crippen molar-refractivity contribution in [3.05, 3.63) is 59.4 Å². The molecule has 1 amide bonds. The minimum Gasteiger partial charge on any atom is -0.383 e. The fraction of sp³-hybridized carbons (Fsp3) is 0.235. The Kier molecular flexibility index (Phi) is 3.86. The van der Waals surface area contributed by atoms with Crippen LogP contribution in [0.5, 0.6) is 0 Å². The summed E-state index contributed by atoms with van der Waals surface area (Å²) in [5.41, 5.74) is 3.88. The van der Waals surface area contributed by atoms with Gasteiger partial charge in [0.05, 0.1) is 17.8 Å². The second-order valence-corrected chi connectivity index (χ2v) is 5.22. The number of halogens is 1. The Morgan fingerprint density at radius 1 is 1.19 bits per heavy atom. The summed E-state index contributed by atoms with van der Waals surface area (Å²) in [4.78, 5) is 12.1. The maximum Gasteiger partial charge on any atom is 0.228 e. The van der Waals surface area contributed by atoms with Crippen LogP contribution in [0.3, 0.4) is 0 Å². The van der Waals surface area contributed by atoms with E-state index in [1.807, 2.05) is 12.1 Å². The first-order chi connectivity index (χ1) is 10.2. The van der Waals surface area contributed by atoms with Gasteiger partial charge in [0.2, 0.25) is 5.91 Å². The predicted molar refractivity (Wildman–Crippen MR) is 82.0 cm³/mol. The number of hydrogen-bond acceptors (Lipinski definition) is 2. The van der Waals surface area contributed by atoms with Gasteiger partial charge in [0.25, 0.3) is 0 Å². The minimum absolute atomic E-state index is 0.0950. The third-order valence-corrected chi connectivity index (χ3v) is 3.63. The van der Waals surface area contributed by atoms with Crippen molar-refractivity contribution in [3.8, 4) is 0 Å². The van der Waals surface area contributed by atoms with E-state index in [1.165, 1.54) is 17.7 Å². The molecule has 21 heavy (non-hydrogen) atoms. The zero-order valence-corrected chi connectivity index (χ0v) is 11.7. The minimum atomic E-state index is -0.291. The molecule has 0 saturated heterocycles. The average Bonchev–Trinajstić information content (AvgIpc) is 2.50. The van der Waals surface area contributed by atoms with Crippen molar-refractivity contribution in [1.82, 2.24) is 0 Å². The summed E-state index contributed by atoms with van der Waals surface area (Å²) in [6.45, 7) is 0.928. The third kappa shape index (κ3) is 3.21. The molecule has 0 fully saturated rings. The maximum absolute atomic E-state index is 12.9. The van der Waals surface area contributed by atoms with Gasteiger partial charge in [-0.15, -0.1) is 0 Å². The molecule has 0 bridgehead atoms. The topological polar surface area (TPSA) is 41.1 Å². The number of benzene rings is 2. The Labute approximate surface area is 123 Å². The van der Waals surface area contributed by atoms with Crippen LogP contribution in [-0.2, 0) is 17.6 Å². The number of fused-ring (bicyclic) bond motifs is 1. The quantitative estimate of drug-likeness (QED) is 0.907. The second kappa shape index (κ2) is 5.95. The summed E-state index contributed by atoms with van der Waals surface area (Å²) >= 11 is 0. The monoisotopic (exact) mass is 284 g/mol. The number of rotatable bonds is 3. The van der Waals surface area contributed by atoms with Crippen molar-refractivity contribution in [2.75, 3.05) is 17.2 Å². The molecule has 2 aromatic rings. The summed E-state index contributed by atoms with van der Waals surface area (Å²) in [5, 5.41) is 6.28. The van der Waals surface area contributed by atoms with E-state index in [4.69, 9.17) is 0 Å². The van der Waals surface area contributed by atoms with Crippen molar-refractivity contribution in [2.24, 2.45) is 0 Å². The third-order valence-electron chi connectivity index (χ3n) is 3.63. The van der Waals surface area contributed by atoms with E-state index < -0.39 is 0 Å². The number of hydrogen-bond donors (Lipinski definition) is 2. The number of nitrogens with one attached hydrogen (secondary N) is 2. The molecule has 3 rings (SSSR count). The largest absolute Gasteiger partial charge is 0.383 e. The first kappa shape index (κ1) is 13.6. The standard InChI is InChI=1S/C17H17FN2O/c18-14-8-6-12(7-9-14)11-16(21)20-15-5-1-3-13-4-2-10-19-17(13)15/h1,3,5-9,19H,2,4,10-11H2,(H,20,21). The summed E-state index contributed by atoms with van der Waals surface area (Å²) < 4.78 is 12.9. The van der Waals surface area contributed by atoms with E-state index >= 15 is 0 Å². The summed E-state index contributed by atoms with van der Waals surface area (Å²) in [6, 6.07) is 11.9. The molecular formula is C17H17FN2O. The molecule has 3 nitrogen and oxygen atoms in total. The Balaban J connectivity index is 1.71. The van der Waals surface area contributed by atoms with Gasteiger partial charge in [-0.3, -0.25) is 4.79 Å². The highest BCUT2D eigenvalue weighted by atomic mass is 19.1. The lowest BCUT2D eigenvalue weighted by Gasteiger charge is -2.21. The van der Waals surface area contributed by atoms with Crippen molar-refractivity contribution in [1.29, 1.82) is 0 Å². The van der Waals surface area contributed by atoms with Crippen LogP contribution in [0.25, 0.3) is 0 Å². The molecule has 1 aliphatic heterocycles. The van der Waals surface area contributed by atoms with Crippen LogP contribution >= 0.6 is 0 Å². The molecule has 0 radical (unpaired) electrons. The van der Waals surface area contributed by atoms with E-state index in [9.17, 15) is 9.18 Å². The van der Waals surface area contributed by atoms with Gasteiger partial charge in [-0.2, -0.15) is 0 Å². The number of aryl methyl sites for hydroxylation is 1. The van der Waals surface area contributed by atoms with Crippen LogP contribution < -0.4 is 10.6 Å². The Bertz CT molecular complexity index is 652. The van der Waals surface area contributed by atoms with Crippen molar-refractivity contribution >= 4 is 17.3 Å². The van der Waals surface area contributed by atoms with Crippen LogP contribution in [0.15, 0.2) is 42.5 Å². The molecule has 0 aromatic heterocycles.